The van der Waals surface area contributed by atoms with Gasteiger partial charge in [-0.05, 0) is 43.3 Å². The summed E-state index contributed by atoms with van der Waals surface area (Å²) < 4.78 is 29.9. The van der Waals surface area contributed by atoms with Crippen LogP contribution in [-0.4, -0.2) is 39.4 Å². The van der Waals surface area contributed by atoms with Crippen LogP contribution in [-0.2, 0) is 15.8 Å². The summed E-state index contributed by atoms with van der Waals surface area (Å²) in [5.41, 5.74) is 1.06. The molecule has 136 valence electrons. The molecule has 0 radical (unpaired) electrons. The Morgan fingerprint density at radius 2 is 1.96 bits per heavy atom. The Morgan fingerprint density at radius 1 is 1.24 bits per heavy atom. The summed E-state index contributed by atoms with van der Waals surface area (Å²) in [6.07, 6.45) is 2.81. The number of hydrogen-bond donors (Lipinski definition) is 1. The first kappa shape index (κ1) is 19.4. The van der Waals surface area contributed by atoms with Gasteiger partial charge in [0.15, 0.2) is 0 Å². The van der Waals surface area contributed by atoms with Gasteiger partial charge in [-0.2, -0.15) is 11.8 Å². The number of sulfonamides is 1. The first-order valence-electron chi connectivity index (χ1n) is 7.88. The third kappa shape index (κ3) is 5.82. The van der Waals surface area contributed by atoms with Gasteiger partial charge < -0.3 is 9.73 Å². The van der Waals surface area contributed by atoms with Gasteiger partial charge in [0, 0.05) is 24.4 Å². The molecule has 0 spiro atoms. The zero-order chi connectivity index (χ0) is 18.3. The fourth-order valence-electron chi connectivity index (χ4n) is 2.29. The van der Waals surface area contributed by atoms with E-state index in [1.807, 2.05) is 12.1 Å². The van der Waals surface area contributed by atoms with E-state index in [4.69, 9.17) is 4.42 Å². The summed E-state index contributed by atoms with van der Waals surface area (Å²) in [6, 6.07) is 10.3. The number of nitrogens with zero attached hydrogens (tertiary/aromatic N) is 1. The van der Waals surface area contributed by atoms with Crippen LogP contribution in [0.4, 0.5) is 5.69 Å². The molecule has 1 heterocycles. The molecule has 0 bridgehead atoms. The third-order valence-corrected chi connectivity index (χ3v) is 5.71. The van der Waals surface area contributed by atoms with Crippen molar-refractivity contribution in [1.29, 1.82) is 0 Å². The average Bonchev–Trinajstić information content (AvgIpc) is 3.07. The molecule has 1 N–H and O–H groups in total. The summed E-state index contributed by atoms with van der Waals surface area (Å²) in [4.78, 5) is 12.1. The van der Waals surface area contributed by atoms with Crippen LogP contribution in [0.5, 0.6) is 0 Å². The predicted molar refractivity (Wildman–Crippen MR) is 102 cm³/mol. The van der Waals surface area contributed by atoms with Gasteiger partial charge in [-0.3, -0.25) is 9.10 Å². The van der Waals surface area contributed by atoms with Crippen molar-refractivity contribution in [2.75, 3.05) is 29.4 Å². The monoisotopic (exact) mass is 382 g/mol. The van der Waals surface area contributed by atoms with E-state index in [1.54, 1.807) is 49.2 Å². The van der Waals surface area contributed by atoms with E-state index >= 15 is 0 Å². The number of rotatable bonds is 9. The first-order valence-corrected chi connectivity index (χ1v) is 10.9. The molecule has 0 fully saturated rings. The van der Waals surface area contributed by atoms with Crippen LogP contribution in [0.3, 0.4) is 0 Å². The SMILES string of the molecule is CCN(c1ccc(C(=O)NCCSCc2ccco2)cc1)S(C)(=O)=O. The number of thioether (sulfide) groups is 1. The van der Waals surface area contributed by atoms with Crippen molar-refractivity contribution < 1.29 is 17.6 Å². The molecule has 0 aliphatic carbocycles. The zero-order valence-corrected chi connectivity index (χ0v) is 15.9. The molecular weight excluding hydrogens is 360 g/mol. The fourth-order valence-corrected chi connectivity index (χ4v) is 4.02. The zero-order valence-electron chi connectivity index (χ0n) is 14.3. The number of carbonyl (C=O) groups is 1. The minimum Gasteiger partial charge on any atom is -0.468 e. The number of amides is 1. The number of furan rings is 1. The van der Waals surface area contributed by atoms with Crippen molar-refractivity contribution in [1.82, 2.24) is 5.32 Å². The standard InChI is InChI=1S/C17H22N2O4S2/c1-3-19(25(2,21)22)15-8-6-14(7-9-15)17(20)18-10-12-24-13-16-5-4-11-23-16/h4-9,11H,3,10,12-13H2,1-2H3,(H,18,20). The van der Waals surface area contributed by atoms with Crippen LogP contribution >= 0.6 is 11.8 Å². The Morgan fingerprint density at radius 3 is 2.52 bits per heavy atom. The van der Waals surface area contributed by atoms with Crippen LogP contribution in [0.1, 0.15) is 23.0 Å². The van der Waals surface area contributed by atoms with E-state index in [1.165, 1.54) is 4.31 Å². The molecule has 8 heteroatoms. The highest BCUT2D eigenvalue weighted by atomic mass is 32.2. The van der Waals surface area contributed by atoms with Gasteiger partial charge >= 0.3 is 0 Å². The third-order valence-electron chi connectivity index (χ3n) is 3.46. The number of nitrogens with one attached hydrogen (secondary N) is 1. The maximum absolute atomic E-state index is 12.1. The van der Waals surface area contributed by atoms with Gasteiger partial charge in [0.2, 0.25) is 10.0 Å². The smallest absolute Gasteiger partial charge is 0.251 e. The molecule has 0 unspecified atom stereocenters. The first-order chi connectivity index (χ1) is 11.9. The molecule has 0 atom stereocenters. The van der Waals surface area contributed by atoms with E-state index < -0.39 is 10.0 Å². The molecule has 0 saturated carbocycles. The topological polar surface area (TPSA) is 79.6 Å². The lowest BCUT2D eigenvalue weighted by molar-refractivity contribution is 0.0956. The van der Waals surface area contributed by atoms with Gasteiger partial charge in [-0.1, -0.05) is 0 Å². The highest BCUT2D eigenvalue weighted by molar-refractivity contribution is 7.98. The molecule has 0 saturated heterocycles. The predicted octanol–water partition coefficient (Wildman–Crippen LogP) is 2.73. The number of carbonyl (C=O) groups excluding carboxylic acids is 1. The molecular formula is C17H22N2O4S2. The summed E-state index contributed by atoms with van der Waals surface area (Å²) in [7, 11) is -3.32. The Bertz CT molecular complexity index is 771. The van der Waals surface area contributed by atoms with Crippen molar-refractivity contribution in [2.24, 2.45) is 0 Å². The Balaban J connectivity index is 1.81. The maximum Gasteiger partial charge on any atom is 0.251 e. The Hall–Kier alpha value is -1.93. The second-order valence-electron chi connectivity index (χ2n) is 5.36. The number of hydrogen-bond acceptors (Lipinski definition) is 5. The number of anilines is 1. The minimum absolute atomic E-state index is 0.174. The molecule has 1 aromatic heterocycles. The summed E-state index contributed by atoms with van der Waals surface area (Å²) in [5, 5.41) is 2.85. The molecule has 2 rings (SSSR count). The lowest BCUT2D eigenvalue weighted by atomic mass is 10.2. The van der Waals surface area contributed by atoms with Gasteiger partial charge in [-0.15, -0.1) is 0 Å². The van der Waals surface area contributed by atoms with Crippen LogP contribution in [0, 0.1) is 0 Å². The molecule has 0 aliphatic rings. The van der Waals surface area contributed by atoms with Crippen molar-refractivity contribution >= 4 is 33.4 Å². The van der Waals surface area contributed by atoms with Crippen LogP contribution in [0.2, 0.25) is 0 Å². The van der Waals surface area contributed by atoms with Crippen molar-refractivity contribution in [3.8, 4) is 0 Å². The molecule has 1 aromatic carbocycles. The second-order valence-corrected chi connectivity index (χ2v) is 8.37. The van der Waals surface area contributed by atoms with Crippen molar-refractivity contribution in [3.63, 3.8) is 0 Å². The van der Waals surface area contributed by atoms with Gasteiger partial charge in [0.05, 0.1) is 24.0 Å². The molecule has 1 amide bonds. The quantitative estimate of drug-likeness (QED) is 0.675. The van der Waals surface area contributed by atoms with Gasteiger partial charge in [0.1, 0.15) is 5.76 Å². The second kappa shape index (κ2) is 8.96. The molecule has 0 aliphatic heterocycles. The van der Waals surface area contributed by atoms with Crippen molar-refractivity contribution in [3.05, 3.63) is 54.0 Å². The van der Waals surface area contributed by atoms with E-state index in [0.29, 0.717) is 24.3 Å². The van der Waals surface area contributed by atoms with Gasteiger partial charge in [-0.25, -0.2) is 8.42 Å². The molecule has 25 heavy (non-hydrogen) atoms. The van der Waals surface area contributed by atoms with Crippen molar-refractivity contribution in [2.45, 2.75) is 12.7 Å². The largest absolute Gasteiger partial charge is 0.468 e. The fraction of sp³-hybridized carbons (Fsp3) is 0.353. The summed E-state index contributed by atoms with van der Waals surface area (Å²) >= 11 is 1.68. The van der Waals surface area contributed by atoms with E-state index in [-0.39, 0.29) is 5.91 Å². The number of benzene rings is 1. The van der Waals surface area contributed by atoms with E-state index in [2.05, 4.69) is 5.32 Å². The average molecular weight is 383 g/mol. The summed E-state index contributed by atoms with van der Waals surface area (Å²) in [5.74, 6) is 2.30. The van der Waals surface area contributed by atoms with E-state index in [0.717, 1.165) is 23.5 Å². The maximum atomic E-state index is 12.1. The lowest BCUT2D eigenvalue weighted by Gasteiger charge is -2.20. The van der Waals surface area contributed by atoms with E-state index in [9.17, 15) is 13.2 Å². The Kier molecular flexibility index (Phi) is 6.95. The van der Waals surface area contributed by atoms with Gasteiger partial charge in [0.25, 0.3) is 5.91 Å². The minimum atomic E-state index is -3.32. The summed E-state index contributed by atoms with van der Waals surface area (Å²) in [6.45, 7) is 2.66. The van der Waals surface area contributed by atoms with Crippen LogP contribution in [0.15, 0.2) is 47.1 Å². The Labute approximate surface area is 152 Å². The highest BCUT2D eigenvalue weighted by Crippen LogP contribution is 2.18. The normalized spacial score (nSPS) is 11.3. The molecule has 6 nitrogen and oxygen atoms in total. The van der Waals surface area contributed by atoms with Crippen LogP contribution < -0.4 is 9.62 Å². The highest BCUT2D eigenvalue weighted by Gasteiger charge is 2.15. The van der Waals surface area contributed by atoms with Crippen LogP contribution in [0.25, 0.3) is 0 Å². The lowest BCUT2D eigenvalue weighted by Crippen LogP contribution is -2.29. The molecule has 2 aromatic rings.